The molecule has 1 aromatic rings. The van der Waals surface area contributed by atoms with E-state index >= 15 is 0 Å². The molecule has 2 N–H and O–H groups in total. The molecule has 28 heavy (non-hydrogen) atoms. The third kappa shape index (κ3) is 6.15. The van der Waals surface area contributed by atoms with Crippen molar-refractivity contribution < 1.29 is 17.9 Å². The van der Waals surface area contributed by atoms with Gasteiger partial charge in [0.05, 0.1) is 17.8 Å². The fraction of sp³-hybridized carbons (Fsp3) is 0.632. The number of methoxy groups -OCH3 is 1. The van der Waals surface area contributed by atoms with Gasteiger partial charge in [0.1, 0.15) is 0 Å². The normalized spacial score (nSPS) is 16.9. The fourth-order valence-corrected chi connectivity index (χ4v) is 4.57. The van der Waals surface area contributed by atoms with Crippen molar-refractivity contribution in [2.24, 2.45) is 0 Å². The number of amides is 1. The van der Waals surface area contributed by atoms with Crippen LogP contribution in [0.15, 0.2) is 30.3 Å². The molecule has 1 amide bonds. The standard InChI is InChI=1S/C19H31N3O4S.ClH/c1-3-27(24,25)22-14-9-19(10-15-22,17-7-5-4-6-8-17)18(23)21-12-11-20-13-16-26-2;/h4-8,20H,3,9-16H2,1-2H3,(H,21,23);1H. The molecule has 0 spiro atoms. The second-order valence-corrected chi connectivity index (χ2v) is 9.00. The van der Waals surface area contributed by atoms with Crippen LogP contribution in [0.4, 0.5) is 0 Å². The Hall–Kier alpha value is -1.19. The second-order valence-electron chi connectivity index (χ2n) is 6.75. The minimum Gasteiger partial charge on any atom is -0.383 e. The van der Waals surface area contributed by atoms with E-state index in [-0.39, 0.29) is 24.1 Å². The number of carbonyl (C=O) groups is 1. The lowest BCUT2D eigenvalue weighted by atomic mass is 9.72. The summed E-state index contributed by atoms with van der Waals surface area (Å²) < 4.78 is 30.8. The number of nitrogens with zero attached hydrogens (tertiary/aromatic N) is 1. The number of piperidine rings is 1. The van der Waals surface area contributed by atoms with Crippen LogP contribution in [-0.2, 0) is 25.0 Å². The summed E-state index contributed by atoms with van der Waals surface area (Å²) in [6.07, 6.45) is 0.971. The molecule has 2 rings (SSSR count). The lowest BCUT2D eigenvalue weighted by Crippen LogP contribution is -2.53. The first-order valence-electron chi connectivity index (χ1n) is 9.47. The van der Waals surface area contributed by atoms with Gasteiger partial charge in [-0.3, -0.25) is 4.79 Å². The smallest absolute Gasteiger partial charge is 0.230 e. The zero-order valence-corrected chi connectivity index (χ0v) is 18.3. The van der Waals surface area contributed by atoms with Gasteiger partial charge in [-0.15, -0.1) is 12.4 Å². The van der Waals surface area contributed by atoms with E-state index in [9.17, 15) is 13.2 Å². The molecular formula is C19H32ClN3O4S. The van der Waals surface area contributed by atoms with E-state index in [1.807, 2.05) is 30.3 Å². The van der Waals surface area contributed by atoms with Crippen LogP contribution in [0.2, 0.25) is 0 Å². The Balaban J connectivity index is 0.00000392. The highest BCUT2D eigenvalue weighted by Gasteiger charge is 2.44. The van der Waals surface area contributed by atoms with E-state index < -0.39 is 15.4 Å². The first kappa shape index (κ1) is 24.8. The number of rotatable bonds is 10. The van der Waals surface area contributed by atoms with Crippen molar-refractivity contribution in [1.29, 1.82) is 0 Å². The van der Waals surface area contributed by atoms with Crippen LogP contribution >= 0.6 is 12.4 Å². The molecule has 0 bridgehead atoms. The molecule has 0 radical (unpaired) electrons. The highest BCUT2D eigenvalue weighted by atomic mass is 35.5. The molecule has 1 saturated heterocycles. The number of benzene rings is 1. The predicted molar refractivity (Wildman–Crippen MR) is 113 cm³/mol. The van der Waals surface area contributed by atoms with E-state index in [0.29, 0.717) is 45.6 Å². The lowest BCUT2D eigenvalue weighted by molar-refractivity contribution is -0.128. The van der Waals surface area contributed by atoms with Crippen molar-refractivity contribution in [1.82, 2.24) is 14.9 Å². The minimum absolute atomic E-state index is 0. The summed E-state index contributed by atoms with van der Waals surface area (Å²) in [7, 11) is -1.58. The molecule has 7 nitrogen and oxygen atoms in total. The van der Waals surface area contributed by atoms with Gasteiger partial charge in [-0.2, -0.15) is 0 Å². The number of hydrogen-bond donors (Lipinski definition) is 2. The lowest BCUT2D eigenvalue weighted by Gasteiger charge is -2.40. The van der Waals surface area contributed by atoms with Gasteiger partial charge in [0.15, 0.2) is 0 Å². The van der Waals surface area contributed by atoms with Crippen molar-refractivity contribution in [3.8, 4) is 0 Å². The average Bonchev–Trinajstić information content (AvgIpc) is 2.71. The number of nitrogens with one attached hydrogen (secondary N) is 2. The SMILES string of the molecule is CCS(=O)(=O)N1CCC(C(=O)NCCNCCOC)(c2ccccc2)CC1.Cl. The molecule has 1 heterocycles. The van der Waals surface area contributed by atoms with E-state index in [4.69, 9.17) is 4.74 Å². The largest absolute Gasteiger partial charge is 0.383 e. The third-order valence-corrected chi connectivity index (χ3v) is 7.05. The van der Waals surface area contributed by atoms with E-state index in [0.717, 1.165) is 12.1 Å². The highest BCUT2D eigenvalue weighted by Crippen LogP contribution is 2.36. The number of hydrogen-bond acceptors (Lipinski definition) is 5. The summed E-state index contributed by atoms with van der Waals surface area (Å²) in [5.41, 5.74) is 0.261. The molecule has 0 aliphatic carbocycles. The van der Waals surface area contributed by atoms with E-state index in [2.05, 4.69) is 10.6 Å². The van der Waals surface area contributed by atoms with Crippen LogP contribution in [0.5, 0.6) is 0 Å². The zero-order valence-electron chi connectivity index (χ0n) is 16.6. The Morgan fingerprint density at radius 1 is 1.14 bits per heavy atom. The summed E-state index contributed by atoms with van der Waals surface area (Å²) in [5, 5.41) is 6.23. The van der Waals surface area contributed by atoms with Crippen LogP contribution in [0.25, 0.3) is 0 Å². The Bertz CT molecular complexity index is 692. The highest BCUT2D eigenvalue weighted by molar-refractivity contribution is 7.89. The number of carbonyl (C=O) groups excluding carboxylic acids is 1. The number of ether oxygens (including phenoxy) is 1. The molecule has 1 aliphatic rings. The molecule has 9 heteroatoms. The maximum absolute atomic E-state index is 13.1. The molecule has 1 fully saturated rings. The number of halogens is 1. The second kappa shape index (κ2) is 11.7. The summed E-state index contributed by atoms with van der Waals surface area (Å²) in [6.45, 7) is 4.93. The van der Waals surface area contributed by atoms with Gasteiger partial charge in [0, 0.05) is 39.8 Å². The van der Waals surface area contributed by atoms with Crippen molar-refractivity contribution in [3.05, 3.63) is 35.9 Å². The fourth-order valence-electron chi connectivity index (χ4n) is 3.47. The zero-order chi connectivity index (χ0) is 19.8. The molecule has 1 aliphatic heterocycles. The van der Waals surface area contributed by atoms with Crippen LogP contribution in [0, 0.1) is 0 Å². The van der Waals surface area contributed by atoms with Gasteiger partial charge in [0.25, 0.3) is 0 Å². The van der Waals surface area contributed by atoms with Gasteiger partial charge >= 0.3 is 0 Å². The third-order valence-electron chi connectivity index (χ3n) is 5.17. The predicted octanol–water partition coefficient (Wildman–Crippen LogP) is 1.14. The average molecular weight is 434 g/mol. The van der Waals surface area contributed by atoms with Crippen molar-refractivity contribution in [2.75, 3.05) is 52.2 Å². The van der Waals surface area contributed by atoms with Gasteiger partial charge < -0.3 is 15.4 Å². The summed E-state index contributed by atoms with van der Waals surface area (Å²) in [5.74, 6) is 0.0563. The maximum Gasteiger partial charge on any atom is 0.230 e. The summed E-state index contributed by atoms with van der Waals surface area (Å²) in [6, 6.07) is 9.68. The van der Waals surface area contributed by atoms with Gasteiger partial charge in [-0.25, -0.2) is 12.7 Å². The summed E-state index contributed by atoms with van der Waals surface area (Å²) in [4.78, 5) is 13.1. The molecule has 0 unspecified atom stereocenters. The van der Waals surface area contributed by atoms with Gasteiger partial charge in [0.2, 0.25) is 15.9 Å². The van der Waals surface area contributed by atoms with Gasteiger partial charge in [-0.05, 0) is 25.3 Å². The topological polar surface area (TPSA) is 87.7 Å². The van der Waals surface area contributed by atoms with Crippen LogP contribution in [-0.4, -0.2) is 70.8 Å². The Morgan fingerprint density at radius 3 is 2.36 bits per heavy atom. The van der Waals surface area contributed by atoms with Crippen LogP contribution < -0.4 is 10.6 Å². The molecular weight excluding hydrogens is 402 g/mol. The monoisotopic (exact) mass is 433 g/mol. The Kier molecular flexibility index (Phi) is 10.4. The first-order chi connectivity index (χ1) is 13.0. The molecule has 0 saturated carbocycles. The van der Waals surface area contributed by atoms with Crippen LogP contribution in [0.3, 0.4) is 0 Å². The summed E-state index contributed by atoms with van der Waals surface area (Å²) >= 11 is 0. The van der Waals surface area contributed by atoms with Crippen molar-refractivity contribution in [2.45, 2.75) is 25.2 Å². The molecule has 160 valence electrons. The van der Waals surface area contributed by atoms with Crippen molar-refractivity contribution in [3.63, 3.8) is 0 Å². The minimum atomic E-state index is -3.23. The molecule has 0 aromatic heterocycles. The first-order valence-corrected chi connectivity index (χ1v) is 11.1. The van der Waals surface area contributed by atoms with Crippen molar-refractivity contribution >= 4 is 28.3 Å². The van der Waals surface area contributed by atoms with E-state index in [1.54, 1.807) is 14.0 Å². The van der Waals surface area contributed by atoms with E-state index in [1.165, 1.54) is 4.31 Å². The molecule has 0 atom stereocenters. The Labute approximate surface area is 174 Å². The number of sulfonamides is 1. The quantitative estimate of drug-likeness (QED) is 0.540. The van der Waals surface area contributed by atoms with Gasteiger partial charge in [-0.1, -0.05) is 30.3 Å². The Morgan fingerprint density at radius 2 is 1.79 bits per heavy atom. The van der Waals surface area contributed by atoms with Crippen LogP contribution in [0.1, 0.15) is 25.3 Å². The maximum atomic E-state index is 13.1. The molecule has 1 aromatic carbocycles.